The van der Waals surface area contributed by atoms with Gasteiger partial charge in [0.05, 0.1) is 11.1 Å². The van der Waals surface area contributed by atoms with Crippen LogP contribution in [-0.2, 0) is 21.1 Å². The van der Waals surface area contributed by atoms with Crippen LogP contribution in [0.4, 0.5) is 0 Å². The summed E-state index contributed by atoms with van der Waals surface area (Å²) in [5.74, 6) is 0. The number of benzene rings is 2. The highest BCUT2D eigenvalue weighted by Gasteiger charge is 2.20. The van der Waals surface area contributed by atoms with Crippen LogP contribution in [0.3, 0.4) is 0 Å². The van der Waals surface area contributed by atoms with E-state index in [1.165, 1.54) is 11.6 Å². The number of para-hydroxylation sites is 1. The van der Waals surface area contributed by atoms with Crippen molar-refractivity contribution in [3.63, 3.8) is 0 Å². The fourth-order valence-electron chi connectivity index (χ4n) is 4.20. The van der Waals surface area contributed by atoms with E-state index in [2.05, 4.69) is 16.7 Å². The van der Waals surface area contributed by atoms with Crippen LogP contribution in [0.15, 0.2) is 70.4 Å². The van der Waals surface area contributed by atoms with Crippen molar-refractivity contribution in [2.75, 3.05) is 0 Å². The van der Waals surface area contributed by atoms with E-state index in [-0.39, 0.29) is 5.56 Å². The number of hydrogen-bond acceptors (Lipinski definition) is 3. The Bertz CT molecular complexity index is 1600. The zero-order valence-electron chi connectivity index (χ0n) is 17.9. The van der Waals surface area contributed by atoms with E-state index in [4.69, 9.17) is 4.98 Å². The Labute approximate surface area is 178 Å². The lowest BCUT2D eigenvalue weighted by molar-refractivity contribution is 0.708. The van der Waals surface area contributed by atoms with Crippen molar-refractivity contribution in [1.29, 1.82) is 0 Å². The molecule has 3 heterocycles. The minimum atomic E-state index is -0.394. The molecule has 0 amide bonds. The number of aromatic nitrogens is 4. The molecule has 0 atom stereocenters. The maximum Gasteiger partial charge on any atom is 0.332 e. The molecule has 0 saturated heterocycles. The van der Waals surface area contributed by atoms with Crippen molar-refractivity contribution in [2.45, 2.75) is 6.92 Å². The van der Waals surface area contributed by atoms with Gasteiger partial charge in [-0.05, 0) is 19.1 Å². The summed E-state index contributed by atoms with van der Waals surface area (Å²) < 4.78 is 4.64. The molecular formula is C25H22N4O2. The molecule has 5 rings (SSSR count). The molecule has 0 fully saturated rings. The zero-order chi connectivity index (χ0) is 21.9. The van der Waals surface area contributed by atoms with Crippen molar-refractivity contribution < 1.29 is 0 Å². The summed E-state index contributed by atoms with van der Waals surface area (Å²) in [5.41, 5.74) is 5.23. The summed E-state index contributed by atoms with van der Waals surface area (Å²) >= 11 is 0. The molecule has 0 radical (unpaired) electrons. The summed E-state index contributed by atoms with van der Waals surface area (Å²) in [6.45, 7) is 2.03. The van der Waals surface area contributed by atoms with Gasteiger partial charge in [0.25, 0.3) is 5.56 Å². The second-order valence-electron chi connectivity index (χ2n) is 8.00. The molecule has 0 N–H and O–H groups in total. The molecule has 0 unspecified atom stereocenters. The van der Waals surface area contributed by atoms with E-state index in [1.54, 1.807) is 7.05 Å². The molecule has 154 valence electrons. The Morgan fingerprint density at radius 1 is 0.839 bits per heavy atom. The summed E-state index contributed by atoms with van der Waals surface area (Å²) in [7, 11) is 5.15. The first-order valence-corrected chi connectivity index (χ1v) is 10.1. The third-order valence-corrected chi connectivity index (χ3v) is 5.94. The van der Waals surface area contributed by atoms with E-state index >= 15 is 0 Å². The van der Waals surface area contributed by atoms with Gasteiger partial charge in [0.1, 0.15) is 0 Å². The zero-order valence-corrected chi connectivity index (χ0v) is 17.9. The van der Waals surface area contributed by atoms with Crippen LogP contribution >= 0.6 is 0 Å². The highest BCUT2D eigenvalue weighted by Crippen LogP contribution is 2.35. The molecular weight excluding hydrogens is 388 g/mol. The Kier molecular flexibility index (Phi) is 4.18. The molecule has 3 aromatic heterocycles. The van der Waals surface area contributed by atoms with Gasteiger partial charge in [-0.25, -0.2) is 9.78 Å². The minimum Gasteiger partial charge on any atom is -0.350 e. The van der Waals surface area contributed by atoms with Gasteiger partial charge < -0.3 is 4.57 Å². The average molecular weight is 410 g/mol. The van der Waals surface area contributed by atoms with Crippen LogP contribution in [0.25, 0.3) is 44.3 Å². The number of aryl methyl sites for hydroxylation is 3. The van der Waals surface area contributed by atoms with Gasteiger partial charge in [-0.2, -0.15) is 0 Å². The first-order valence-electron chi connectivity index (χ1n) is 10.1. The lowest BCUT2D eigenvalue weighted by Crippen LogP contribution is -2.37. The first-order chi connectivity index (χ1) is 14.9. The number of nitrogens with zero attached hydrogens (tertiary/aromatic N) is 4. The molecule has 2 aromatic carbocycles. The average Bonchev–Trinajstić information content (AvgIpc) is 3.12. The highest BCUT2D eigenvalue weighted by molar-refractivity contribution is 6.04. The Morgan fingerprint density at radius 2 is 1.55 bits per heavy atom. The van der Waals surface area contributed by atoms with Crippen LogP contribution in [-0.4, -0.2) is 18.7 Å². The molecule has 31 heavy (non-hydrogen) atoms. The Morgan fingerprint density at radius 3 is 2.29 bits per heavy atom. The second-order valence-corrected chi connectivity index (χ2v) is 8.00. The van der Waals surface area contributed by atoms with Crippen molar-refractivity contribution in [3.05, 3.63) is 87.2 Å². The maximum atomic E-state index is 13.2. The molecule has 0 spiro atoms. The minimum absolute atomic E-state index is 0.344. The van der Waals surface area contributed by atoms with Gasteiger partial charge in [-0.15, -0.1) is 0 Å². The van der Waals surface area contributed by atoms with Crippen LogP contribution < -0.4 is 11.2 Å². The van der Waals surface area contributed by atoms with Gasteiger partial charge in [0.15, 0.2) is 5.65 Å². The fraction of sp³-hybridized carbons (Fsp3) is 0.160. The van der Waals surface area contributed by atoms with Crippen molar-refractivity contribution in [3.8, 4) is 22.4 Å². The predicted octanol–water partition coefficient (Wildman–Crippen LogP) is 3.77. The summed E-state index contributed by atoms with van der Waals surface area (Å²) in [5, 5.41) is 1.49. The normalized spacial score (nSPS) is 11.5. The van der Waals surface area contributed by atoms with E-state index in [9.17, 15) is 9.59 Å². The van der Waals surface area contributed by atoms with Gasteiger partial charge in [0, 0.05) is 54.9 Å². The quantitative estimate of drug-likeness (QED) is 0.445. The van der Waals surface area contributed by atoms with Gasteiger partial charge >= 0.3 is 5.69 Å². The first kappa shape index (κ1) is 19.1. The number of pyridine rings is 1. The Balaban J connectivity index is 1.97. The predicted molar refractivity (Wildman–Crippen MR) is 124 cm³/mol. The third-order valence-electron chi connectivity index (χ3n) is 5.94. The number of hydrogen-bond donors (Lipinski definition) is 0. The monoisotopic (exact) mass is 410 g/mol. The molecule has 6 nitrogen and oxygen atoms in total. The van der Waals surface area contributed by atoms with Crippen molar-refractivity contribution in [1.82, 2.24) is 18.7 Å². The van der Waals surface area contributed by atoms with E-state index < -0.39 is 5.69 Å². The van der Waals surface area contributed by atoms with Crippen LogP contribution in [0.1, 0.15) is 5.56 Å². The van der Waals surface area contributed by atoms with Gasteiger partial charge in [-0.1, -0.05) is 48.0 Å². The lowest BCUT2D eigenvalue weighted by Gasteiger charge is -2.13. The maximum absolute atomic E-state index is 13.2. The largest absolute Gasteiger partial charge is 0.350 e. The smallest absolute Gasteiger partial charge is 0.332 e. The fourth-order valence-corrected chi connectivity index (χ4v) is 4.20. The van der Waals surface area contributed by atoms with Crippen molar-refractivity contribution >= 4 is 21.9 Å². The number of fused-ring (bicyclic) bond motifs is 2. The molecule has 5 aromatic rings. The van der Waals surface area contributed by atoms with Gasteiger partial charge in [-0.3, -0.25) is 13.9 Å². The number of rotatable bonds is 2. The van der Waals surface area contributed by atoms with Crippen LogP contribution in [0.2, 0.25) is 0 Å². The second kappa shape index (κ2) is 6.80. The van der Waals surface area contributed by atoms with E-state index in [1.807, 2.05) is 62.6 Å². The Hall–Kier alpha value is -3.93. The molecule has 0 aliphatic rings. The molecule has 0 saturated carbocycles. The van der Waals surface area contributed by atoms with Crippen molar-refractivity contribution in [2.24, 2.45) is 21.1 Å². The molecule has 6 heteroatoms. The summed E-state index contributed by atoms with van der Waals surface area (Å²) in [6, 6.07) is 18.1. The summed E-state index contributed by atoms with van der Waals surface area (Å²) in [4.78, 5) is 30.6. The standard InChI is InChI=1S/C25H22N4O2/c1-15-9-11-16(12-10-15)20-13-18(19-14-27(2)21-8-6-5-7-17(19)21)22-23(26-20)28(3)25(31)29(4)24(22)30/h5-14H,1-4H3. The van der Waals surface area contributed by atoms with Crippen LogP contribution in [0.5, 0.6) is 0 Å². The van der Waals surface area contributed by atoms with E-state index in [0.717, 1.165) is 43.4 Å². The third kappa shape index (κ3) is 2.83. The molecule has 0 aliphatic heterocycles. The highest BCUT2D eigenvalue weighted by atomic mass is 16.2. The molecule has 0 bridgehead atoms. The van der Waals surface area contributed by atoms with Crippen LogP contribution in [0, 0.1) is 6.92 Å². The van der Waals surface area contributed by atoms with E-state index in [0.29, 0.717) is 11.0 Å². The lowest BCUT2D eigenvalue weighted by atomic mass is 9.99. The topological polar surface area (TPSA) is 61.8 Å². The molecule has 0 aliphatic carbocycles. The van der Waals surface area contributed by atoms with Gasteiger partial charge in [0.2, 0.25) is 0 Å². The summed E-state index contributed by atoms with van der Waals surface area (Å²) in [6.07, 6.45) is 2.03. The SMILES string of the molecule is Cc1ccc(-c2cc(-c3cn(C)c4ccccc34)c3c(=O)n(C)c(=O)n(C)c3n2)cc1.